The van der Waals surface area contributed by atoms with Gasteiger partial charge in [-0.05, 0) is 67.8 Å². The van der Waals surface area contributed by atoms with E-state index in [9.17, 15) is 14.4 Å². The average molecular weight is 399 g/mol. The number of anilines is 1. The summed E-state index contributed by atoms with van der Waals surface area (Å²) in [4.78, 5) is 38.5. The maximum atomic E-state index is 12.9. The van der Waals surface area contributed by atoms with Gasteiger partial charge in [-0.25, -0.2) is 9.69 Å². The number of amides is 4. The molecule has 1 fully saturated rings. The third kappa shape index (κ3) is 3.92. The van der Waals surface area contributed by atoms with Crippen molar-refractivity contribution in [3.8, 4) is 5.75 Å². The zero-order chi connectivity index (χ0) is 20.4. The lowest BCUT2D eigenvalue weighted by Crippen LogP contribution is -2.54. The fraction of sp³-hybridized carbons (Fsp3) is 0.190. The summed E-state index contributed by atoms with van der Waals surface area (Å²) >= 11 is 6.18. The van der Waals surface area contributed by atoms with Crippen molar-refractivity contribution in [3.63, 3.8) is 0 Å². The van der Waals surface area contributed by atoms with Crippen LogP contribution in [0.25, 0.3) is 6.08 Å². The molecule has 2 aromatic rings. The number of barbiturate groups is 1. The Labute approximate surface area is 167 Å². The van der Waals surface area contributed by atoms with E-state index in [1.54, 1.807) is 30.3 Å². The molecule has 0 bridgehead atoms. The van der Waals surface area contributed by atoms with Gasteiger partial charge in [0.2, 0.25) is 0 Å². The van der Waals surface area contributed by atoms with E-state index in [1.165, 1.54) is 6.08 Å². The van der Waals surface area contributed by atoms with Gasteiger partial charge < -0.3 is 4.74 Å². The van der Waals surface area contributed by atoms with Gasteiger partial charge in [0.25, 0.3) is 11.8 Å². The number of imide groups is 2. The van der Waals surface area contributed by atoms with Crippen LogP contribution in [0.1, 0.15) is 23.6 Å². The molecule has 0 aromatic heterocycles. The summed E-state index contributed by atoms with van der Waals surface area (Å²) in [5, 5.41) is 2.58. The predicted octanol–water partition coefficient (Wildman–Crippen LogP) is 4.02. The van der Waals surface area contributed by atoms with E-state index >= 15 is 0 Å². The van der Waals surface area contributed by atoms with Gasteiger partial charge in [-0.1, -0.05) is 23.7 Å². The zero-order valence-corrected chi connectivity index (χ0v) is 16.5. The van der Waals surface area contributed by atoms with Crippen molar-refractivity contribution in [1.82, 2.24) is 5.32 Å². The number of halogens is 1. The number of urea groups is 1. The van der Waals surface area contributed by atoms with Crippen LogP contribution in [-0.2, 0) is 9.59 Å². The highest BCUT2D eigenvalue weighted by Gasteiger charge is 2.36. The molecule has 0 spiro atoms. The summed E-state index contributed by atoms with van der Waals surface area (Å²) < 4.78 is 5.38. The average Bonchev–Trinajstić information content (AvgIpc) is 2.60. The minimum atomic E-state index is -0.776. The van der Waals surface area contributed by atoms with Crippen LogP contribution >= 0.6 is 11.6 Å². The quantitative estimate of drug-likeness (QED) is 0.623. The molecule has 6 nitrogen and oxygen atoms in total. The summed E-state index contributed by atoms with van der Waals surface area (Å²) in [6.45, 7) is 6.04. The first-order valence-electron chi connectivity index (χ1n) is 8.72. The molecule has 4 amide bonds. The van der Waals surface area contributed by atoms with Gasteiger partial charge in [-0.2, -0.15) is 0 Å². The largest absolute Gasteiger partial charge is 0.492 e. The second-order valence-electron chi connectivity index (χ2n) is 6.43. The maximum Gasteiger partial charge on any atom is 0.335 e. The Balaban J connectivity index is 2.00. The molecular weight excluding hydrogens is 380 g/mol. The first-order chi connectivity index (χ1) is 13.3. The van der Waals surface area contributed by atoms with E-state index in [2.05, 4.69) is 5.32 Å². The van der Waals surface area contributed by atoms with E-state index in [1.807, 2.05) is 26.8 Å². The SMILES string of the molecule is CCOc1ccc(/C=C2\C(=O)NC(=O)N(c3cc(C)cc(C)c3)C2=O)cc1Cl. The molecule has 0 saturated carbocycles. The molecule has 1 heterocycles. The van der Waals surface area contributed by atoms with Crippen molar-refractivity contribution in [2.45, 2.75) is 20.8 Å². The smallest absolute Gasteiger partial charge is 0.335 e. The second kappa shape index (κ2) is 7.86. The normalized spacial score (nSPS) is 15.8. The summed E-state index contributed by atoms with van der Waals surface area (Å²) in [6.07, 6.45) is 1.40. The van der Waals surface area contributed by atoms with Gasteiger partial charge in [0.05, 0.1) is 17.3 Å². The van der Waals surface area contributed by atoms with Gasteiger partial charge in [-0.3, -0.25) is 14.9 Å². The Kier molecular flexibility index (Phi) is 5.51. The lowest BCUT2D eigenvalue weighted by atomic mass is 10.1. The third-order valence-corrected chi connectivity index (χ3v) is 4.43. The van der Waals surface area contributed by atoms with Gasteiger partial charge in [0.15, 0.2) is 0 Å². The molecule has 144 valence electrons. The van der Waals surface area contributed by atoms with Gasteiger partial charge >= 0.3 is 6.03 Å². The molecule has 0 aliphatic carbocycles. The Bertz CT molecular complexity index is 993. The molecule has 1 saturated heterocycles. The van der Waals surface area contributed by atoms with Crippen LogP contribution in [0.3, 0.4) is 0 Å². The Morgan fingerprint density at radius 2 is 1.75 bits per heavy atom. The summed E-state index contributed by atoms with van der Waals surface area (Å²) in [5.74, 6) is -0.929. The maximum absolute atomic E-state index is 12.9. The second-order valence-corrected chi connectivity index (χ2v) is 6.83. The molecule has 0 unspecified atom stereocenters. The Hall–Kier alpha value is -3.12. The molecule has 3 rings (SSSR count). The molecule has 2 aromatic carbocycles. The van der Waals surface area contributed by atoms with Crippen LogP contribution in [0.2, 0.25) is 5.02 Å². The highest BCUT2D eigenvalue weighted by atomic mass is 35.5. The topological polar surface area (TPSA) is 75.7 Å². The number of nitrogens with one attached hydrogen (secondary N) is 1. The first kappa shape index (κ1) is 19.6. The third-order valence-electron chi connectivity index (χ3n) is 4.13. The molecule has 0 atom stereocenters. The minimum Gasteiger partial charge on any atom is -0.492 e. The van der Waals surface area contributed by atoms with Gasteiger partial charge in [0, 0.05) is 0 Å². The van der Waals surface area contributed by atoms with Crippen LogP contribution in [0.4, 0.5) is 10.5 Å². The van der Waals surface area contributed by atoms with Gasteiger partial charge in [0.1, 0.15) is 11.3 Å². The number of benzene rings is 2. The zero-order valence-electron chi connectivity index (χ0n) is 15.7. The highest BCUT2D eigenvalue weighted by Crippen LogP contribution is 2.28. The lowest BCUT2D eigenvalue weighted by molar-refractivity contribution is -0.122. The Morgan fingerprint density at radius 3 is 2.36 bits per heavy atom. The number of carbonyl (C=O) groups excluding carboxylic acids is 3. The monoisotopic (exact) mass is 398 g/mol. The number of carbonyl (C=O) groups is 3. The molecular formula is C21H19ClN2O4. The van der Waals surface area contributed by atoms with Crippen LogP contribution in [0.15, 0.2) is 42.0 Å². The van der Waals surface area contributed by atoms with E-state index in [0.29, 0.717) is 28.6 Å². The minimum absolute atomic E-state index is 0.154. The number of hydrogen-bond acceptors (Lipinski definition) is 4. The molecule has 1 aliphatic rings. The predicted molar refractivity (Wildman–Crippen MR) is 108 cm³/mol. The Morgan fingerprint density at radius 1 is 1.07 bits per heavy atom. The van der Waals surface area contributed by atoms with Crippen LogP contribution in [0.5, 0.6) is 5.75 Å². The fourth-order valence-corrected chi connectivity index (χ4v) is 3.26. The summed E-state index contributed by atoms with van der Waals surface area (Å²) in [5.41, 5.74) is 2.59. The standard InChI is InChI=1S/C21H19ClN2O4/c1-4-28-18-6-5-14(11-17(18)22)10-16-19(25)23-21(27)24(20(16)26)15-8-12(2)7-13(3)9-15/h5-11H,4H2,1-3H3,(H,23,25,27)/b16-10+. The van der Waals surface area contributed by atoms with E-state index in [0.717, 1.165) is 16.0 Å². The van der Waals surface area contributed by atoms with Crippen LogP contribution in [-0.4, -0.2) is 24.5 Å². The van der Waals surface area contributed by atoms with Crippen molar-refractivity contribution in [2.24, 2.45) is 0 Å². The van der Waals surface area contributed by atoms with Crippen molar-refractivity contribution in [1.29, 1.82) is 0 Å². The van der Waals surface area contributed by atoms with E-state index in [-0.39, 0.29) is 5.57 Å². The van der Waals surface area contributed by atoms with E-state index < -0.39 is 17.8 Å². The fourth-order valence-electron chi connectivity index (χ4n) is 3.02. The summed E-state index contributed by atoms with van der Waals surface area (Å²) in [7, 11) is 0. The summed E-state index contributed by atoms with van der Waals surface area (Å²) in [6, 6.07) is 9.52. The van der Waals surface area contributed by atoms with Crippen molar-refractivity contribution < 1.29 is 19.1 Å². The molecule has 1 N–H and O–H groups in total. The molecule has 1 aliphatic heterocycles. The van der Waals surface area contributed by atoms with Gasteiger partial charge in [-0.15, -0.1) is 0 Å². The lowest BCUT2D eigenvalue weighted by Gasteiger charge is -2.27. The number of hydrogen-bond donors (Lipinski definition) is 1. The van der Waals surface area contributed by atoms with Crippen LogP contribution in [0, 0.1) is 13.8 Å². The van der Waals surface area contributed by atoms with E-state index in [4.69, 9.17) is 16.3 Å². The van der Waals surface area contributed by atoms with Crippen molar-refractivity contribution >= 4 is 41.2 Å². The highest BCUT2D eigenvalue weighted by molar-refractivity contribution is 6.39. The molecule has 7 heteroatoms. The number of rotatable bonds is 4. The molecule has 28 heavy (non-hydrogen) atoms. The number of aryl methyl sites for hydroxylation is 2. The molecule has 0 radical (unpaired) electrons. The number of nitrogens with zero attached hydrogens (tertiary/aromatic N) is 1. The van der Waals surface area contributed by atoms with Crippen molar-refractivity contribution in [2.75, 3.05) is 11.5 Å². The first-order valence-corrected chi connectivity index (χ1v) is 9.10. The number of ether oxygens (including phenoxy) is 1. The van der Waals surface area contributed by atoms with Crippen LogP contribution < -0.4 is 15.0 Å². The van der Waals surface area contributed by atoms with Crippen molar-refractivity contribution in [3.05, 3.63) is 63.7 Å².